The van der Waals surface area contributed by atoms with Crippen molar-refractivity contribution in [2.75, 3.05) is 19.1 Å². The number of benzene rings is 2. The summed E-state index contributed by atoms with van der Waals surface area (Å²) in [6.07, 6.45) is 1.64. The molecule has 0 spiro atoms. The monoisotopic (exact) mass is 441 g/mol. The zero-order valence-corrected chi connectivity index (χ0v) is 17.3. The Labute approximate surface area is 175 Å². The van der Waals surface area contributed by atoms with Gasteiger partial charge in [0.15, 0.2) is 15.8 Å². The summed E-state index contributed by atoms with van der Waals surface area (Å²) in [6.45, 7) is 0. The largest absolute Gasteiger partial charge is 0.503 e. The van der Waals surface area contributed by atoms with Crippen molar-refractivity contribution in [2.24, 2.45) is 0 Å². The topological polar surface area (TPSA) is 59.0 Å². The van der Waals surface area contributed by atoms with Gasteiger partial charge in [0.1, 0.15) is 5.75 Å². The Kier molecular flexibility index (Phi) is 5.86. The van der Waals surface area contributed by atoms with E-state index in [-0.39, 0.29) is 22.4 Å². The second-order valence-corrected chi connectivity index (χ2v) is 7.88. The molecule has 0 radical (unpaired) electrons. The van der Waals surface area contributed by atoms with Gasteiger partial charge in [0, 0.05) is 0 Å². The molecule has 1 N–H and O–H groups in total. The van der Waals surface area contributed by atoms with Crippen molar-refractivity contribution in [1.29, 1.82) is 0 Å². The van der Waals surface area contributed by atoms with Crippen LogP contribution in [-0.4, -0.2) is 29.6 Å². The number of methoxy groups -OCH3 is 2. The van der Waals surface area contributed by atoms with Crippen LogP contribution in [0.1, 0.15) is 5.56 Å². The molecule has 27 heavy (non-hydrogen) atoms. The molecule has 1 amide bonds. The van der Waals surface area contributed by atoms with Crippen LogP contribution in [-0.2, 0) is 4.79 Å². The molecule has 0 aliphatic carbocycles. The molecule has 2 aromatic rings. The molecule has 1 aliphatic heterocycles. The summed E-state index contributed by atoms with van der Waals surface area (Å²) in [6, 6.07) is 8.12. The predicted molar refractivity (Wildman–Crippen MR) is 113 cm³/mol. The normalized spacial score (nSPS) is 15.6. The number of phenolic OH excluding ortho intramolecular Hbond substituents is 1. The molecule has 1 fully saturated rings. The van der Waals surface area contributed by atoms with E-state index >= 15 is 0 Å². The lowest BCUT2D eigenvalue weighted by Crippen LogP contribution is -2.27. The summed E-state index contributed by atoms with van der Waals surface area (Å²) in [5, 5.41) is 10.3. The molecule has 0 unspecified atom stereocenters. The Balaban J connectivity index is 1.96. The number of carbonyl (C=O) groups excluding carboxylic acids is 1. The van der Waals surface area contributed by atoms with Crippen molar-refractivity contribution in [3.05, 3.63) is 50.8 Å². The van der Waals surface area contributed by atoms with Gasteiger partial charge < -0.3 is 14.6 Å². The van der Waals surface area contributed by atoms with E-state index < -0.39 is 0 Å². The average molecular weight is 442 g/mol. The van der Waals surface area contributed by atoms with E-state index in [0.29, 0.717) is 31.2 Å². The molecule has 2 aromatic carbocycles. The zero-order valence-electron chi connectivity index (χ0n) is 14.2. The van der Waals surface area contributed by atoms with Crippen LogP contribution in [0.15, 0.2) is 35.2 Å². The van der Waals surface area contributed by atoms with E-state index in [2.05, 4.69) is 0 Å². The number of carbonyl (C=O) groups is 1. The number of thioether (sulfide) groups is 1. The first kappa shape index (κ1) is 19.8. The first-order valence-electron chi connectivity index (χ1n) is 7.53. The lowest BCUT2D eigenvalue weighted by Gasteiger charge is -2.15. The summed E-state index contributed by atoms with van der Waals surface area (Å²) >= 11 is 18.7. The fourth-order valence-electron chi connectivity index (χ4n) is 2.47. The van der Waals surface area contributed by atoms with Crippen molar-refractivity contribution < 1.29 is 19.4 Å². The van der Waals surface area contributed by atoms with Gasteiger partial charge in [-0.1, -0.05) is 47.2 Å². The van der Waals surface area contributed by atoms with Crippen LogP contribution in [0.4, 0.5) is 5.69 Å². The fraction of sp³-hybridized carbons (Fsp3) is 0.111. The van der Waals surface area contributed by atoms with E-state index in [4.69, 9.17) is 44.9 Å². The third-order valence-corrected chi connectivity index (χ3v) is 5.64. The van der Waals surface area contributed by atoms with Gasteiger partial charge in [-0.2, -0.15) is 0 Å². The van der Waals surface area contributed by atoms with Crippen molar-refractivity contribution in [2.45, 2.75) is 0 Å². The minimum absolute atomic E-state index is 0.123. The van der Waals surface area contributed by atoms with Crippen LogP contribution >= 0.6 is 47.2 Å². The molecule has 9 heteroatoms. The van der Waals surface area contributed by atoms with Crippen LogP contribution < -0.4 is 14.4 Å². The van der Waals surface area contributed by atoms with Crippen LogP contribution in [0.3, 0.4) is 0 Å². The number of hydrogen-bond acceptors (Lipinski definition) is 6. The summed E-state index contributed by atoms with van der Waals surface area (Å²) in [4.78, 5) is 14.7. The average Bonchev–Trinajstić information content (AvgIpc) is 2.91. The molecular formula is C18H13Cl2NO4S2. The second kappa shape index (κ2) is 7.98. The Hall–Kier alpha value is -1.93. The van der Waals surface area contributed by atoms with Crippen LogP contribution in [0, 0.1) is 0 Å². The van der Waals surface area contributed by atoms with Crippen molar-refractivity contribution >= 4 is 69.2 Å². The Morgan fingerprint density at radius 2 is 1.81 bits per heavy atom. The highest BCUT2D eigenvalue weighted by Gasteiger charge is 2.33. The zero-order chi connectivity index (χ0) is 19.7. The molecule has 5 nitrogen and oxygen atoms in total. The third-order valence-electron chi connectivity index (χ3n) is 3.76. The minimum atomic E-state index is -0.283. The SMILES string of the molecule is COc1ccc(N2C(=O)/C(=C\c3cc(Cl)c(O)c(OC)c3)SC2=S)cc1Cl. The number of nitrogens with zero attached hydrogens (tertiary/aromatic N) is 1. The Morgan fingerprint density at radius 3 is 2.44 bits per heavy atom. The standard InChI is InChI=1S/C18H13Cl2NO4S2/c1-24-13-4-3-10(8-11(13)19)21-17(23)15(27-18(21)26)7-9-5-12(20)16(22)14(6-9)25-2/h3-8,22H,1-2H3/b15-7+. The number of ether oxygens (including phenoxy) is 2. The number of amides is 1. The maximum absolute atomic E-state index is 12.9. The Bertz CT molecular complexity index is 978. The van der Waals surface area contributed by atoms with E-state index in [1.54, 1.807) is 30.3 Å². The molecule has 1 saturated heterocycles. The number of aromatic hydroxyl groups is 1. The Morgan fingerprint density at radius 1 is 1.11 bits per heavy atom. The van der Waals surface area contributed by atoms with Gasteiger partial charge in [0.25, 0.3) is 5.91 Å². The number of halogens is 2. The summed E-state index contributed by atoms with van der Waals surface area (Å²) in [5.41, 5.74) is 1.15. The van der Waals surface area contributed by atoms with Gasteiger partial charge in [0.2, 0.25) is 0 Å². The van der Waals surface area contributed by atoms with Gasteiger partial charge in [0.05, 0.1) is 34.9 Å². The van der Waals surface area contributed by atoms with E-state index in [1.807, 2.05) is 0 Å². The second-order valence-electron chi connectivity index (χ2n) is 5.39. The molecule has 0 aromatic heterocycles. The molecular weight excluding hydrogens is 429 g/mol. The summed E-state index contributed by atoms with van der Waals surface area (Å²) in [5.74, 6) is 0.282. The van der Waals surface area contributed by atoms with Crippen molar-refractivity contribution in [1.82, 2.24) is 0 Å². The maximum Gasteiger partial charge on any atom is 0.270 e. The lowest BCUT2D eigenvalue weighted by molar-refractivity contribution is -0.113. The highest BCUT2D eigenvalue weighted by Crippen LogP contribution is 2.40. The van der Waals surface area contributed by atoms with Crippen molar-refractivity contribution in [3.8, 4) is 17.2 Å². The highest BCUT2D eigenvalue weighted by atomic mass is 35.5. The number of thiocarbonyl (C=S) groups is 1. The third kappa shape index (κ3) is 3.87. The van der Waals surface area contributed by atoms with Crippen molar-refractivity contribution in [3.63, 3.8) is 0 Å². The van der Waals surface area contributed by atoms with Crippen LogP contribution in [0.2, 0.25) is 10.0 Å². The van der Waals surface area contributed by atoms with E-state index in [0.717, 1.165) is 11.8 Å². The lowest BCUT2D eigenvalue weighted by atomic mass is 10.1. The maximum atomic E-state index is 12.9. The molecule has 1 aliphatic rings. The number of anilines is 1. The summed E-state index contributed by atoms with van der Waals surface area (Å²) < 4.78 is 10.6. The fourth-order valence-corrected chi connectivity index (χ4v) is 4.24. The van der Waals surface area contributed by atoms with Crippen LogP contribution in [0.5, 0.6) is 17.2 Å². The molecule has 1 heterocycles. The van der Waals surface area contributed by atoms with E-state index in [9.17, 15) is 9.90 Å². The first-order chi connectivity index (χ1) is 12.8. The number of rotatable bonds is 4. The molecule has 3 rings (SSSR count). The molecule has 0 saturated carbocycles. The quantitative estimate of drug-likeness (QED) is 0.524. The summed E-state index contributed by atoms with van der Waals surface area (Å²) in [7, 11) is 2.93. The van der Waals surface area contributed by atoms with Gasteiger partial charge in [-0.15, -0.1) is 0 Å². The molecule has 0 bridgehead atoms. The van der Waals surface area contributed by atoms with Gasteiger partial charge in [-0.05, 0) is 42.0 Å². The smallest absolute Gasteiger partial charge is 0.270 e. The number of phenols is 1. The molecule has 140 valence electrons. The number of hydrogen-bond donors (Lipinski definition) is 1. The van der Waals surface area contributed by atoms with E-state index in [1.165, 1.54) is 25.2 Å². The van der Waals surface area contributed by atoms with Gasteiger partial charge in [-0.3, -0.25) is 9.69 Å². The first-order valence-corrected chi connectivity index (χ1v) is 9.51. The molecule has 0 atom stereocenters. The van der Waals surface area contributed by atoms with Gasteiger partial charge >= 0.3 is 0 Å². The highest BCUT2D eigenvalue weighted by molar-refractivity contribution is 8.27. The van der Waals surface area contributed by atoms with Crippen LogP contribution in [0.25, 0.3) is 6.08 Å². The minimum Gasteiger partial charge on any atom is -0.503 e. The predicted octanol–water partition coefficient (Wildman–Crippen LogP) is 5.12. The van der Waals surface area contributed by atoms with Gasteiger partial charge in [-0.25, -0.2) is 0 Å².